The van der Waals surface area contributed by atoms with Crippen LogP contribution in [0.15, 0.2) is 18.2 Å². The fourth-order valence-electron chi connectivity index (χ4n) is 2.16. The molecule has 6 heteroatoms. The Bertz CT molecular complexity index is 557. The molecule has 2 amide bonds. The van der Waals surface area contributed by atoms with Gasteiger partial charge in [0.05, 0.1) is 0 Å². The summed E-state index contributed by atoms with van der Waals surface area (Å²) in [6, 6.07) is 5.02. The molecular formula is C16H22N2O4. The summed E-state index contributed by atoms with van der Waals surface area (Å²) in [5.74, 6) is 1.11. The maximum atomic E-state index is 12.3. The fourth-order valence-corrected chi connectivity index (χ4v) is 2.16. The van der Waals surface area contributed by atoms with Gasteiger partial charge in [0.1, 0.15) is 6.04 Å². The molecule has 0 aliphatic carbocycles. The zero-order valence-electron chi connectivity index (χ0n) is 13.1. The SMILES string of the molecule is CCC(=O)N[C@@H](C(=O)NCc1ccc2c(c1)OCO2)C(C)C. The third-order valence-corrected chi connectivity index (χ3v) is 3.49. The van der Waals surface area contributed by atoms with Crippen LogP contribution in [0.2, 0.25) is 0 Å². The Morgan fingerprint density at radius 3 is 2.64 bits per heavy atom. The van der Waals surface area contributed by atoms with Crippen LogP contribution in [-0.2, 0) is 16.1 Å². The molecule has 0 radical (unpaired) electrons. The number of ether oxygens (including phenoxy) is 2. The smallest absolute Gasteiger partial charge is 0.243 e. The van der Waals surface area contributed by atoms with E-state index in [-0.39, 0.29) is 24.5 Å². The number of hydrogen-bond donors (Lipinski definition) is 2. The second kappa shape index (κ2) is 7.15. The standard InChI is InChI=1S/C16H22N2O4/c1-4-14(19)18-15(10(2)3)16(20)17-8-11-5-6-12-13(7-11)22-9-21-12/h5-7,10,15H,4,8-9H2,1-3H3,(H,17,20)(H,18,19)/t15-/m1/s1. The van der Waals surface area contributed by atoms with E-state index in [1.807, 2.05) is 32.0 Å². The van der Waals surface area contributed by atoms with Crippen molar-refractivity contribution in [3.8, 4) is 11.5 Å². The van der Waals surface area contributed by atoms with Gasteiger partial charge < -0.3 is 20.1 Å². The monoisotopic (exact) mass is 306 g/mol. The van der Waals surface area contributed by atoms with E-state index in [4.69, 9.17) is 9.47 Å². The normalized spacial score (nSPS) is 13.8. The van der Waals surface area contributed by atoms with Crippen molar-refractivity contribution in [2.45, 2.75) is 39.8 Å². The molecule has 22 heavy (non-hydrogen) atoms. The average molecular weight is 306 g/mol. The van der Waals surface area contributed by atoms with Crippen molar-refractivity contribution in [1.29, 1.82) is 0 Å². The van der Waals surface area contributed by atoms with Crippen LogP contribution >= 0.6 is 0 Å². The molecule has 0 unspecified atom stereocenters. The van der Waals surface area contributed by atoms with Crippen molar-refractivity contribution in [3.63, 3.8) is 0 Å². The molecule has 120 valence electrons. The molecule has 6 nitrogen and oxygen atoms in total. The molecule has 0 spiro atoms. The van der Waals surface area contributed by atoms with Crippen LogP contribution in [0.25, 0.3) is 0 Å². The third-order valence-electron chi connectivity index (χ3n) is 3.49. The highest BCUT2D eigenvalue weighted by atomic mass is 16.7. The summed E-state index contributed by atoms with van der Waals surface area (Å²) in [5, 5.41) is 5.60. The predicted molar refractivity (Wildman–Crippen MR) is 81.5 cm³/mol. The van der Waals surface area contributed by atoms with Crippen molar-refractivity contribution < 1.29 is 19.1 Å². The van der Waals surface area contributed by atoms with Gasteiger partial charge in [-0.3, -0.25) is 9.59 Å². The van der Waals surface area contributed by atoms with E-state index >= 15 is 0 Å². The van der Waals surface area contributed by atoms with E-state index in [0.29, 0.717) is 24.5 Å². The van der Waals surface area contributed by atoms with E-state index in [1.54, 1.807) is 6.92 Å². The van der Waals surface area contributed by atoms with E-state index in [2.05, 4.69) is 10.6 Å². The molecule has 0 aromatic heterocycles. The third kappa shape index (κ3) is 3.90. The maximum absolute atomic E-state index is 12.3. The molecular weight excluding hydrogens is 284 g/mol. The summed E-state index contributed by atoms with van der Waals surface area (Å²) in [6.45, 7) is 6.17. The number of carbonyl (C=O) groups excluding carboxylic acids is 2. The highest BCUT2D eigenvalue weighted by molar-refractivity contribution is 5.87. The van der Waals surface area contributed by atoms with E-state index in [1.165, 1.54) is 0 Å². The summed E-state index contributed by atoms with van der Waals surface area (Å²) in [7, 11) is 0. The quantitative estimate of drug-likeness (QED) is 0.836. The number of fused-ring (bicyclic) bond motifs is 1. The van der Waals surface area contributed by atoms with Crippen LogP contribution in [0.1, 0.15) is 32.8 Å². The average Bonchev–Trinajstić information content (AvgIpc) is 2.97. The lowest BCUT2D eigenvalue weighted by Gasteiger charge is -2.21. The second-order valence-electron chi connectivity index (χ2n) is 5.55. The minimum absolute atomic E-state index is 0.0206. The minimum atomic E-state index is -0.526. The zero-order valence-corrected chi connectivity index (χ0v) is 13.1. The summed E-state index contributed by atoms with van der Waals surface area (Å²) in [5.41, 5.74) is 0.918. The maximum Gasteiger partial charge on any atom is 0.243 e. The number of nitrogens with one attached hydrogen (secondary N) is 2. The van der Waals surface area contributed by atoms with Gasteiger partial charge in [0.15, 0.2) is 11.5 Å². The van der Waals surface area contributed by atoms with Crippen LogP contribution in [0.4, 0.5) is 0 Å². The van der Waals surface area contributed by atoms with Gasteiger partial charge >= 0.3 is 0 Å². The number of carbonyl (C=O) groups is 2. The highest BCUT2D eigenvalue weighted by Gasteiger charge is 2.23. The van der Waals surface area contributed by atoms with Gasteiger partial charge in [0.2, 0.25) is 18.6 Å². The van der Waals surface area contributed by atoms with Crippen molar-refractivity contribution in [2.24, 2.45) is 5.92 Å². The Hall–Kier alpha value is -2.24. The molecule has 0 saturated heterocycles. The summed E-state index contributed by atoms with van der Waals surface area (Å²) < 4.78 is 10.6. The van der Waals surface area contributed by atoms with Crippen LogP contribution in [-0.4, -0.2) is 24.6 Å². The second-order valence-corrected chi connectivity index (χ2v) is 5.55. The first-order chi connectivity index (χ1) is 10.5. The van der Waals surface area contributed by atoms with Crippen LogP contribution < -0.4 is 20.1 Å². The number of amides is 2. The van der Waals surface area contributed by atoms with Crippen LogP contribution in [0.3, 0.4) is 0 Å². The summed E-state index contributed by atoms with van der Waals surface area (Å²) in [4.78, 5) is 23.8. The Balaban J connectivity index is 1.94. The lowest BCUT2D eigenvalue weighted by Crippen LogP contribution is -2.49. The molecule has 1 aromatic carbocycles. The van der Waals surface area contributed by atoms with Gasteiger partial charge in [-0.25, -0.2) is 0 Å². The Labute approximate surface area is 130 Å². The summed E-state index contributed by atoms with van der Waals surface area (Å²) in [6.07, 6.45) is 0.360. The first-order valence-electron chi connectivity index (χ1n) is 7.47. The van der Waals surface area contributed by atoms with Gasteiger partial charge in [-0.1, -0.05) is 26.8 Å². The molecule has 1 aliphatic heterocycles. The van der Waals surface area contributed by atoms with E-state index < -0.39 is 6.04 Å². The zero-order chi connectivity index (χ0) is 16.1. The van der Waals surface area contributed by atoms with Gasteiger partial charge in [-0.15, -0.1) is 0 Å². The van der Waals surface area contributed by atoms with Crippen molar-refractivity contribution in [2.75, 3.05) is 6.79 Å². The Morgan fingerprint density at radius 2 is 1.95 bits per heavy atom. The molecule has 0 saturated carbocycles. The number of benzene rings is 1. The van der Waals surface area contributed by atoms with Crippen molar-refractivity contribution in [3.05, 3.63) is 23.8 Å². The largest absolute Gasteiger partial charge is 0.454 e. The fraction of sp³-hybridized carbons (Fsp3) is 0.500. The van der Waals surface area contributed by atoms with Gasteiger partial charge in [0, 0.05) is 13.0 Å². The molecule has 1 atom stereocenters. The number of hydrogen-bond acceptors (Lipinski definition) is 4. The van der Waals surface area contributed by atoms with Crippen LogP contribution in [0, 0.1) is 5.92 Å². The van der Waals surface area contributed by atoms with Crippen molar-refractivity contribution >= 4 is 11.8 Å². The lowest BCUT2D eigenvalue weighted by atomic mass is 10.0. The Morgan fingerprint density at radius 1 is 1.23 bits per heavy atom. The molecule has 2 rings (SSSR count). The lowest BCUT2D eigenvalue weighted by molar-refractivity contribution is -0.130. The predicted octanol–water partition coefficient (Wildman–Crippen LogP) is 1.58. The molecule has 0 fully saturated rings. The van der Waals surface area contributed by atoms with Crippen LogP contribution in [0.5, 0.6) is 11.5 Å². The van der Waals surface area contributed by atoms with Gasteiger partial charge in [0.25, 0.3) is 0 Å². The van der Waals surface area contributed by atoms with Gasteiger partial charge in [-0.05, 0) is 23.6 Å². The van der Waals surface area contributed by atoms with Crippen molar-refractivity contribution in [1.82, 2.24) is 10.6 Å². The topological polar surface area (TPSA) is 76.7 Å². The number of rotatable bonds is 6. The first-order valence-corrected chi connectivity index (χ1v) is 7.47. The molecule has 1 heterocycles. The molecule has 0 bridgehead atoms. The molecule has 2 N–H and O–H groups in total. The first kappa shape index (κ1) is 16.1. The van der Waals surface area contributed by atoms with Gasteiger partial charge in [-0.2, -0.15) is 0 Å². The van der Waals surface area contributed by atoms with E-state index in [9.17, 15) is 9.59 Å². The highest BCUT2D eigenvalue weighted by Crippen LogP contribution is 2.32. The summed E-state index contributed by atoms with van der Waals surface area (Å²) >= 11 is 0. The molecule has 1 aromatic rings. The van der Waals surface area contributed by atoms with E-state index in [0.717, 1.165) is 5.56 Å². The molecule has 1 aliphatic rings. The minimum Gasteiger partial charge on any atom is -0.454 e. The Kier molecular flexibility index (Phi) is 5.25.